The number of hydrogen-bond donors (Lipinski definition) is 0. The van der Waals surface area contributed by atoms with E-state index in [2.05, 4.69) is 0 Å². The molecule has 1 saturated carbocycles. The molecule has 4 atom stereocenters. The van der Waals surface area contributed by atoms with Crippen molar-refractivity contribution in [2.45, 2.75) is 37.8 Å². The van der Waals surface area contributed by atoms with Gasteiger partial charge in [-0.25, -0.2) is 4.39 Å². The van der Waals surface area contributed by atoms with Gasteiger partial charge in [-0.05, 0) is 19.4 Å². The lowest BCUT2D eigenvalue weighted by molar-refractivity contribution is -0.141. The van der Waals surface area contributed by atoms with Crippen molar-refractivity contribution in [1.29, 1.82) is 0 Å². The molecule has 0 N–H and O–H groups in total. The number of hydrogen-bond acceptors (Lipinski definition) is 2. The van der Waals surface area contributed by atoms with Gasteiger partial charge in [-0.3, -0.25) is 0 Å². The Morgan fingerprint density at radius 1 is 1.24 bits per heavy atom. The summed E-state index contributed by atoms with van der Waals surface area (Å²) in [7, 11) is 0. The van der Waals surface area contributed by atoms with Gasteiger partial charge >= 0.3 is 0 Å². The van der Waals surface area contributed by atoms with Gasteiger partial charge in [0, 0.05) is 11.8 Å². The maximum atomic E-state index is 13.9. The molecule has 1 aliphatic heterocycles. The highest BCUT2D eigenvalue weighted by atomic mass is 19.1. The molecule has 1 aromatic carbocycles. The molecule has 17 heavy (non-hydrogen) atoms. The molecule has 2 nitrogen and oxygen atoms in total. The summed E-state index contributed by atoms with van der Waals surface area (Å²) in [5.74, 6) is -0.619. The normalized spacial score (nSPS) is 39.2. The van der Waals surface area contributed by atoms with Crippen LogP contribution in [-0.2, 0) is 9.47 Å². The highest BCUT2D eigenvalue weighted by molar-refractivity contribution is 5.30. The molecule has 1 saturated heterocycles. The topological polar surface area (TPSA) is 18.5 Å². The molecule has 0 amide bonds. The van der Waals surface area contributed by atoms with E-state index in [4.69, 9.17) is 9.47 Å². The van der Waals surface area contributed by atoms with E-state index in [9.17, 15) is 4.39 Å². The summed E-state index contributed by atoms with van der Waals surface area (Å²) in [5, 5.41) is 0. The zero-order valence-corrected chi connectivity index (χ0v) is 10.1. The summed E-state index contributed by atoms with van der Waals surface area (Å²) in [6, 6.07) is 9.82. The third-order valence-corrected chi connectivity index (χ3v) is 3.63. The van der Waals surface area contributed by atoms with E-state index in [1.165, 1.54) is 0 Å². The third kappa shape index (κ3) is 1.98. The van der Waals surface area contributed by atoms with Crippen molar-refractivity contribution in [3.8, 4) is 0 Å². The zero-order valence-electron chi connectivity index (χ0n) is 10.1. The van der Waals surface area contributed by atoms with Crippen molar-refractivity contribution in [3.05, 3.63) is 35.9 Å². The smallest absolute Gasteiger partial charge is 0.163 e. The Hall–Kier alpha value is -0.930. The summed E-state index contributed by atoms with van der Waals surface area (Å²) >= 11 is 0. The van der Waals surface area contributed by atoms with E-state index < -0.39 is 12.0 Å². The molecule has 92 valence electrons. The minimum absolute atomic E-state index is 0.0151. The van der Waals surface area contributed by atoms with E-state index in [1.807, 2.05) is 44.2 Å². The first-order chi connectivity index (χ1) is 8.08. The van der Waals surface area contributed by atoms with Crippen LogP contribution in [0, 0.1) is 5.92 Å². The molecule has 0 radical (unpaired) electrons. The van der Waals surface area contributed by atoms with Gasteiger partial charge in [-0.2, -0.15) is 0 Å². The lowest BCUT2D eigenvalue weighted by atomic mass is 10.1. The zero-order chi connectivity index (χ0) is 12.0. The number of benzene rings is 1. The highest BCUT2D eigenvalue weighted by Crippen LogP contribution is 2.54. The Bertz CT molecular complexity index is 404. The van der Waals surface area contributed by atoms with Crippen LogP contribution in [0.15, 0.2) is 30.3 Å². The minimum Gasteiger partial charge on any atom is -0.348 e. The first-order valence-corrected chi connectivity index (χ1v) is 6.09. The van der Waals surface area contributed by atoms with Crippen molar-refractivity contribution < 1.29 is 13.9 Å². The SMILES string of the molecule is CC1(C)OC[C@H]([C@H]2[C@H](F)[C@@H]2c2ccccc2)O1. The quantitative estimate of drug-likeness (QED) is 0.786. The number of rotatable bonds is 2. The molecular weight excluding hydrogens is 219 g/mol. The van der Waals surface area contributed by atoms with Crippen LogP contribution in [0.4, 0.5) is 4.39 Å². The number of alkyl halides is 1. The van der Waals surface area contributed by atoms with Crippen LogP contribution in [0.2, 0.25) is 0 Å². The average Bonchev–Trinajstić information content (AvgIpc) is 2.84. The molecule has 0 spiro atoms. The van der Waals surface area contributed by atoms with Crippen LogP contribution in [0.1, 0.15) is 25.3 Å². The van der Waals surface area contributed by atoms with Crippen LogP contribution in [0.5, 0.6) is 0 Å². The van der Waals surface area contributed by atoms with Crippen molar-refractivity contribution in [3.63, 3.8) is 0 Å². The molecule has 2 fully saturated rings. The van der Waals surface area contributed by atoms with Crippen molar-refractivity contribution in [1.82, 2.24) is 0 Å². The average molecular weight is 236 g/mol. The van der Waals surface area contributed by atoms with Gasteiger partial charge in [0.05, 0.1) is 12.7 Å². The lowest BCUT2D eigenvalue weighted by Gasteiger charge is -2.16. The molecular formula is C14H17FO2. The van der Waals surface area contributed by atoms with Crippen molar-refractivity contribution >= 4 is 0 Å². The van der Waals surface area contributed by atoms with E-state index in [1.54, 1.807) is 0 Å². The predicted molar refractivity (Wildman–Crippen MR) is 62.5 cm³/mol. The van der Waals surface area contributed by atoms with Gasteiger partial charge < -0.3 is 9.47 Å². The van der Waals surface area contributed by atoms with Crippen LogP contribution >= 0.6 is 0 Å². The first-order valence-electron chi connectivity index (χ1n) is 6.09. The fourth-order valence-corrected chi connectivity index (χ4v) is 2.72. The Balaban J connectivity index is 1.72. The molecule has 1 aromatic rings. The van der Waals surface area contributed by atoms with E-state index in [0.29, 0.717) is 6.61 Å². The number of ether oxygens (including phenoxy) is 2. The van der Waals surface area contributed by atoms with Gasteiger partial charge in [0.25, 0.3) is 0 Å². The standard InChI is InChI=1S/C14H17FO2/c1-14(2)16-8-10(17-14)12-11(13(12)15)9-6-4-3-5-7-9/h3-7,10-13H,8H2,1-2H3/t10-,11-,12-,13-/m1/s1. The molecule has 0 unspecified atom stereocenters. The Morgan fingerprint density at radius 2 is 1.94 bits per heavy atom. The molecule has 3 heteroatoms. The molecule has 3 rings (SSSR count). The third-order valence-electron chi connectivity index (χ3n) is 3.63. The van der Waals surface area contributed by atoms with Crippen molar-refractivity contribution in [2.75, 3.05) is 6.61 Å². The molecule has 0 aromatic heterocycles. The Kier molecular flexibility index (Phi) is 2.49. The van der Waals surface area contributed by atoms with Crippen LogP contribution in [0.25, 0.3) is 0 Å². The Labute approximate surface area is 101 Å². The second-order valence-corrected chi connectivity index (χ2v) is 5.33. The van der Waals surface area contributed by atoms with Gasteiger partial charge in [0.2, 0.25) is 0 Å². The van der Waals surface area contributed by atoms with Crippen molar-refractivity contribution in [2.24, 2.45) is 5.92 Å². The largest absolute Gasteiger partial charge is 0.348 e. The van der Waals surface area contributed by atoms with E-state index in [0.717, 1.165) is 5.56 Å². The highest BCUT2D eigenvalue weighted by Gasteiger charge is 2.59. The van der Waals surface area contributed by atoms with E-state index in [-0.39, 0.29) is 17.9 Å². The summed E-state index contributed by atoms with van der Waals surface area (Å²) < 4.78 is 25.1. The van der Waals surface area contributed by atoms with Crippen LogP contribution < -0.4 is 0 Å². The summed E-state index contributed by atoms with van der Waals surface area (Å²) in [6.07, 6.45) is -0.898. The second kappa shape index (κ2) is 3.79. The second-order valence-electron chi connectivity index (χ2n) is 5.33. The molecule has 0 bridgehead atoms. The Morgan fingerprint density at radius 3 is 2.53 bits per heavy atom. The van der Waals surface area contributed by atoms with Gasteiger partial charge in [0.1, 0.15) is 6.17 Å². The molecule has 1 aliphatic carbocycles. The summed E-state index contributed by atoms with van der Waals surface area (Å²) in [4.78, 5) is 0. The lowest BCUT2D eigenvalue weighted by Crippen LogP contribution is -2.23. The monoisotopic (exact) mass is 236 g/mol. The summed E-state index contributed by atoms with van der Waals surface area (Å²) in [6.45, 7) is 4.25. The fraction of sp³-hybridized carbons (Fsp3) is 0.571. The predicted octanol–water partition coefficient (Wildman–Crippen LogP) is 2.89. The number of halogens is 1. The molecule has 1 heterocycles. The van der Waals surface area contributed by atoms with Crippen LogP contribution in [0.3, 0.4) is 0 Å². The fourth-order valence-electron chi connectivity index (χ4n) is 2.72. The minimum atomic E-state index is -0.792. The maximum Gasteiger partial charge on any atom is 0.163 e. The van der Waals surface area contributed by atoms with Gasteiger partial charge in [0.15, 0.2) is 5.79 Å². The van der Waals surface area contributed by atoms with Gasteiger partial charge in [-0.15, -0.1) is 0 Å². The maximum absolute atomic E-state index is 13.9. The first kappa shape index (κ1) is 11.2. The molecule has 2 aliphatic rings. The van der Waals surface area contributed by atoms with Gasteiger partial charge in [-0.1, -0.05) is 30.3 Å². The van der Waals surface area contributed by atoms with Crippen LogP contribution in [-0.4, -0.2) is 24.7 Å². The van der Waals surface area contributed by atoms with E-state index >= 15 is 0 Å². The summed E-state index contributed by atoms with van der Waals surface area (Å²) in [5.41, 5.74) is 1.07.